The zero-order valence-electron chi connectivity index (χ0n) is 13.7. The number of benzene rings is 1. The molecule has 1 aromatic carbocycles. The number of aromatic nitrogens is 4. The summed E-state index contributed by atoms with van der Waals surface area (Å²) in [7, 11) is 0. The standard InChI is InChI=1S/C17H15FN4O3S/c1-10-8-19-17(24)22(16(10)23)9-15-20-14(21-25-15)7-6-13(26)11-2-4-12(18)5-3-11/h2-8,13,26H,9H2,1H3,(H,19,24)/b7-6+. The van der Waals surface area contributed by atoms with Crippen LogP contribution in [0.1, 0.15) is 28.1 Å². The summed E-state index contributed by atoms with van der Waals surface area (Å²) in [6, 6.07) is 5.98. The molecule has 1 unspecified atom stereocenters. The molecule has 9 heteroatoms. The maximum Gasteiger partial charge on any atom is 0.328 e. The average Bonchev–Trinajstić information content (AvgIpc) is 3.08. The highest BCUT2D eigenvalue weighted by atomic mass is 32.1. The second-order valence-corrected chi connectivity index (χ2v) is 6.13. The molecular weight excluding hydrogens is 359 g/mol. The summed E-state index contributed by atoms with van der Waals surface area (Å²) in [5, 5.41) is 3.50. The van der Waals surface area contributed by atoms with Gasteiger partial charge >= 0.3 is 5.69 Å². The predicted molar refractivity (Wildman–Crippen MR) is 96.6 cm³/mol. The summed E-state index contributed by atoms with van der Waals surface area (Å²) in [5.74, 6) is 0.0843. The molecule has 134 valence electrons. The third-order valence-electron chi connectivity index (χ3n) is 3.66. The molecule has 26 heavy (non-hydrogen) atoms. The van der Waals surface area contributed by atoms with Crippen LogP contribution in [0.4, 0.5) is 4.39 Å². The van der Waals surface area contributed by atoms with Crippen molar-refractivity contribution in [3.05, 3.63) is 86.0 Å². The highest BCUT2D eigenvalue weighted by Crippen LogP contribution is 2.22. The average molecular weight is 374 g/mol. The van der Waals surface area contributed by atoms with E-state index in [9.17, 15) is 14.0 Å². The fourth-order valence-electron chi connectivity index (χ4n) is 2.24. The van der Waals surface area contributed by atoms with Crippen LogP contribution < -0.4 is 11.2 Å². The van der Waals surface area contributed by atoms with Crippen molar-refractivity contribution < 1.29 is 8.91 Å². The van der Waals surface area contributed by atoms with Crippen molar-refractivity contribution in [1.29, 1.82) is 0 Å². The Bertz CT molecular complexity index is 1050. The maximum absolute atomic E-state index is 12.9. The largest absolute Gasteiger partial charge is 0.337 e. The van der Waals surface area contributed by atoms with Crippen molar-refractivity contribution in [1.82, 2.24) is 19.7 Å². The summed E-state index contributed by atoms with van der Waals surface area (Å²) >= 11 is 4.42. The zero-order chi connectivity index (χ0) is 18.7. The molecule has 1 N–H and O–H groups in total. The SMILES string of the molecule is Cc1c[nH]c(=O)n(Cc2nc(/C=C/C(S)c3ccc(F)cc3)no2)c1=O. The van der Waals surface area contributed by atoms with E-state index in [1.165, 1.54) is 18.3 Å². The van der Waals surface area contributed by atoms with Crippen molar-refractivity contribution in [2.24, 2.45) is 0 Å². The molecule has 0 fully saturated rings. The monoisotopic (exact) mass is 374 g/mol. The Hall–Kier alpha value is -2.94. The number of aryl methyl sites for hydroxylation is 1. The Morgan fingerprint density at radius 2 is 2.08 bits per heavy atom. The molecule has 0 aliphatic rings. The molecule has 2 heterocycles. The number of nitrogens with zero attached hydrogens (tertiary/aromatic N) is 3. The number of nitrogens with one attached hydrogen (secondary N) is 1. The molecule has 0 radical (unpaired) electrons. The van der Waals surface area contributed by atoms with Crippen molar-refractivity contribution in [3.63, 3.8) is 0 Å². The first kappa shape index (κ1) is 17.9. The molecule has 0 aliphatic heterocycles. The Morgan fingerprint density at radius 1 is 1.35 bits per heavy atom. The molecule has 0 saturated carbocycles. The van der Waals surface area contributed by atoms with E-state index in [1.54, 1.807) is 31.2 Å². The van der Waals surface area contributed by atoms with Crippen molar-refractivity contribution >= 4 is 18.7 Å². The van der Waals surface area contributed by atoms with E-state index in [-0.39, 0.29) is 29.3 Å². The summed E-state index contributed by atoms with van der Waals surface area (Å²) in [6.07, 6.45) is 4.67. The molecule has 3 rings (SSSR count). The van der Waals surface area contributed by atoms with Gasteiger partial charge in [-0.15, -0.1) is 0 Å². The zero-order valence-corrected chi connectivity index (χ0v) is 14.6. The van der Waals surface area contributed by atoms with Gasteiger partial charge in [-0.05, 0) is 30.7 Å². The molecular formula is C17H15FN4O3S. The summed E-state index contributed by atoms with van der Waals surface area (Å²) < 4.78 is 19.0. The molecule has 0 amide bonds. The van der Waals surface area contributed by atoms with Gasteiger partial charge in [0, 0.05) is 17.0 Å². The number of rotatable bonds is 5. The number of hydrogen-bond donors (Lipinski definition) is 2. The highest BCUT2D eigenvalue weighted by Gasteiger charge is 2.10. The Labute approximate surface area is 152 Å². The van der Waals surface area contributed by atoms with Gasteiger partial charge in [-0.2, -0.15) is 17.6 Å². The molecule has 2 aromatic heterocycles. The number of thiol groups is 1. The third-order valence-corrected chi connectivity index (χ3v) is 4.13. The molecule has 7 nitrogen and oxygen atoms in total. The Morgan fingerprint density at radius 3 is 2.81 bits per heavy atom. The fraction of sp³-hybridized carbons (Fsp3) is 0.176. The van der Waals surface area contributed by atoms with Gasteiger partial charge in [0.15, 0.2) is 5.82 Å². The van der Waals surface area contributed by atoms with Crippen LogP contribution in [0, 0.1) is 12.7 Å². The second-order valence-electron chi connectivity index (χ2n) is 5.57. The van der Waals surface area contributed by atoms with Crippen LogP contribution in [0.3, 0.4) is 0 Å². The minimum atomic E-state index is -0.553. The Kier molecular flexibility index (Phi) is 5.17. The van der Waals surface area contributed by atoms with Gasteiger partial charge < -0.3 is 9.51 Å². The van der Waals surface area contributed by atoms with Crippen LogP contribution in [-0.4, -0.2) is 19.7 Å². The van der Waals surface area contributed by atoms with Gasteiger partial charge in [-0.1, -0.05) is 23.4 Å². The van der Waals surface area contributed by atoms with Crippen LogP contribution in [0.2, 0.25) is 0 Å². The van der Waals surface area contributed by atoms with E-state index in [4.69, 9.17) is 4.52 Å². The quantitative estimate of drug-likeness (QED) is 0.667. The number of halogens is 1. The normalized spacial score (nSPS) is 12.6. The van der Waals surface area contributed by atoms with Gasteiger partial charge in [0.05, 0.1) is 0 Å². The van der Waals surface area contributed by atoms with Crippen LogP contribution in [0.15, 0.2) is 50.7 Å². The highest BCUT2D eigenvalue weighted by molar-refractivity contribution is 7.80. The van der Waals surface area contributed by atoms with Gasteiger partial charge in [0.2, 0.25) is 5.89 Å². The van der Waals surface area contributed by atoms with Crippen LogP contribution in [0.5, 0.6) is 0 Å². The minimum Gasteiger partial charge on any atom is -0.337 e. The van der Waals surface area contributed by atoms with E-state index in [2.05, 4.69) is 27.8 Å². The van der Waals surface area contributed by atoms with Crippen molar-refractivity contribution in [3.8, 4) is 0 Å². The lowest BCUT2D eigenvalue weighted by Gasteiger charge is -2.04. The van der Waals surface area contributed by atoms with Gasteiger partial charge in [0.25, 0.3) is 5.56 Å². The number of hydrogen-bond acceptors (Lipinski definition) is 6. The van der Waals surface area contributed by atoms with Crippen LogP contribution in [-0.2, 0) is 6.54 Å². The topological polar surface area (TPSA) is 93.8 Å². The number of aromatic amines is 1. The van der Waals surface area contributed by atoms with Crippen LogP contribution in [0.25, 0.3) is 6.08 Å². The summed E-state index contributed by atoms with van der Waals surface area (Å²) in [4.78, 5) is 30.4. The van der Waals surface area contributed by atoms with E-state index in [0.717, 1.165) is 10.1 Å². The van der Waals surface area contributed by atoms with Crippen LogP contribution >= 0.6 is 12.6 Å². The third kappa shape index (κ3) is 3.99. The van der Waals surface area contributed by atoms with E-state index >= 15 is 0 Å². The molecule has 0 aliphatic carbocycles. The lowest BCUT2D eigenvalue weighted by atomic mass is 10.1. The van der Waals surface area contributed by atoms with Gasteiger partial charge in [0.1, 0.15) is 12.4 Å². The molecule has 0 spiro atoms. The number of H-pyrrole nitrogens is 1. The van der Waals surface area contributed by atoms with Crippen molar-refractivity contribution in [2.45, 2.75) is 18.7 Å². The minimum absolute atomic E-state index is 0.125. The first-order chi connectivity index (χ1) is 12.4. The van der Waals surface area contributed by atoms with Crippen molar-refractivity contribution in [2.75, 3.05) is 0 Å². The molecule has 0 saturated heterocycles. The predicted octanol–water partition coefficient (Wildman–Crippen LogP) is 2.10. The van der Waals surface area contributed by atoms with E-state index in [1.807, 2.05) is 0 Å². The van der Waals surface area contributed by atoms with Gasteiger partial charge in [-0.3, -0.25) is 9.36 Å². The first-order valence-corrected chi connectivity index (χ1v) is 8.19. The molecule has 3 aromatic rings. The lowest BCUT2D eigenvalue weighted by Crippen LogP contribution is -2.36. The van der Waals surface area contributed by atoms with E-state index < -0.39 is 11.2 Å². The van der Waals surface area contributed by atoms with Gasteiger partial charge in [-0.25, -0.2) is 9.18 Å². The molecule has 1 atom stereocenters. The first-order valence-electron chi connectivity index (χ1n) is 7.67. The Balaban J connectivity index is 1.74. The smallest absolute Gasteiger partial charge is 0.328 e. The van der Waals surface area contributed by atoms with E-state index in [0.29, 0.717) is 5.56 Å². The molecule has 0 bridgehead atoms. The maximum atomic E-state index is 12.9. The lowest BCUT2D eigenvalue weighted by molar-refractivity contribution is 0.365. The fourth-order valence-corrected chi connectivity index (χ4v) is 2.50. The second kappa shape index (κ2) is 7.52. The summed E-state index contributed by atoms with van der Waals surface area (Å²) in [5.41, 5.74) is 0.243. The summed E-state index contributed by atoms with van der Waals surface area (Å²) in [6.45, 7) is 1.47.